The van der Waals surface area contributed by atoms with Crippen LogP contribution in [-0.2, 0) is 6.18 Å². The summed E-state index contributed by atoms with van der Waals surface area (Å²) in [6.07, 6.45) is -3.03. The summed E-state index contributed by atoms with van der Waals surface area (Å²) in [5.41, 5.74) is -0.340. The maximum absolute atomic E-state index is 12.6. The molecule has 4 heteroatoms. The normalized spacial score (nSPS) is 11.2. The van der Waals surface area contributed by atoms with Gasteiger partial charge in [0.05, 0.1) is 12.2 Å². The average molecular weight is 216 g/mol. The summed E-state index contributed by atoms with van der Waals surface area (Å²) in [5, 5.41) is 0. The van der Waals surface area contributed by atoms with Crippen molar-refractivity contribution in [2.75, 3.05) is 6.61 Å². The first-order valence-electron chi connectivity index (χ1n) is 4.45. The number of hydrogen-bond donors (Lipinski definition) is 0. The van der Waals surface area contributed by atoms with Crippen molar-refractivity contribution in [3.05, 3.63) is 35.9 Å². The molecule has 15 heavy (non-hydrogen) atoms. The van der Waals surface area contributed by atoms with Gasteiger partial charge in [0.1, 0.15) is 5.75 Å². The molecule has 0 aromatic heterocycles. The molecule has 0 bridgehead atoms. The first kappa shape index (κ1) is 11.6. The Bertz CT molecular complexity index is 355. The average Bonchev–Trinajstić information content (AvgIpc) is 2.17. The number of benzene rings is 1. The molecule has 0 aliphatic carbocycles. The largest absolute Gasteiger partial charge is 0.493 e. The summed E-state index contributed by atoms with van der Waals surface area (Å²) in [4.78, 5) is 0. The monoisotopic (exact) mass is 216 g/mol. The Balaban J connectivity index is 3.22. The fourth-order valence-electron chi connectivity index (χ4n) is 1.18. The van der Waals surface area contributed by atoms with Gasteiger partial charge in [0.15, 0.2) is 0 Å². The van der Waals surface area contributed by atoms with E-state index in [-0.39, 0.29) is 12.4 Å². The molecule has 0 aliphatic rings. The molecule has 0 saturated carbocycles. The Morgan fingerprint density at radius 3 is 2.53 bits per heavy atom. The molecule has 1 aromatic rings. The molecule has 1 aromatic carbocycles. The van der Waals surface area contributed by atoms with E-state index in [9.17, 15) is 13.2 Å². The highest BCUT2D eigenvalue weighted by Gasteiger charge is 2.34. The SMILES string of the molecule is C=Cc1ccc(OCC)c(C(F)(F)F)c1. The summed E-state index contributed by atoms with van der Waals surface area (Å²) >= 11 is 0. The topological polar surface area (TPSA) is 9.23 Å². The van der Waals surface area contributed by atoms with Gasteiger partial charge in [-0.15, -0.1) is 0 Å². The summed E-state index contributed by atoms with van der Waals surface area (Å²) < 4.78 is 42.6. The molecular formula is C11H11F3O. The van der Waals surface area contributed by atoms with Gasteiger partial charge >= 0.3 is 6.18 Å². The van der Waals surface area contributed by atoms with Crippen molar-refractivity contribution in [2.45, 2.75) is 13.1 Å². The lowest BCUT2D eigenvalue weighted by Gasteiger charge is -2.13. The van der Waals surface area contributed by atoms with E-state index < -0.39 is 11.7 Å². The van der Waals surface area contributed by atoms with Crippen molar-refractivity contribution in [2.24, 2.45) is 0 Å². The van der Waals surface area contributed by atoms with Crippen LogP contribution in [0.1, 0.15) is 18.1 Å². The van der Waals surface area contributed by atoms with E-state index in [1.54, 1.807) is 6.92 Å². The van der Waals surface area contributed by atoms with Crippen LogP contribution in [0.2, 0.25) is 0 Å². The predicted molar refractivity (Wildman–Crippen MR) is 52.7 cm³/mol. The van der Waals surface area contributed by atoms with Crippen LogP contribution in [-0.4, -0.2) is 6.61 Å². The van der Waals surface area contributed by atoms with Crippen LogP contribution < -0.4 is 4.74 Å². The van der Waals surface area contributed by atoms with E-state index in [1.807, 2.05) is 0 Å². The molecule has 0 atom stereocenters. The van der Waals surface area contributed by atoms with Crippen LogP contribution in [0.5, 0.6) is 5.75 Å². The molecule has 0 aliphatic heterocycles. The summed E-state index contributed by atoms with van der Waals surface area (Å²) in [7, 11) is 0. The van der Waals surface area contributed by atoms with E-state index in [0.29, 0.717) is 5.56 Å². The van der Waals surface area contributed by atoms with E-state index in [2.05, 4.69) is 6.58 Å². The number of alkyl halides is 3. The van der Waals surface area contributed by atoms with E-state index in [0.717, 1.165) is 6.07 Å². The number of ether oxygens (including phenoxy) is 1. The van der Waals surface area contributed by atoms with Crippen LogP contribution in [0.25, 0.3) is 6.08 Å². The molecule has 0 radical (unpaired) electrons. The molecule has 0 amide bonds. The molecule has 0 heterocycles. The molecule has 0 unspecified atom stereocenters. The van der Waals surface area contributed by atoms with Crippen molar-refractivity contribution in [3.8, 4) is 5.75 Å². The van der Waals surface area contributed by atoms with Gasteiger partial charge in [0.25, 0.3) is 0 Å². The zero-order valence-corrected chi connectivity index (χ0v) is 8.27. The van der Waals surface area contributed by atoms with Gasteiger partial charge in [-0.05, 0) is 24.6 Å². The minimum absolute atomic E-state index is 0.143. The molecule has 0 fully saturated rings. The third-order valence-corrected chi connectivity index (χ3v) is 1.84. The van der Waals surface area contributed by atoms with Crippen molar-refractivity contribution in [1.82, 2.24) is 0 Å². The molecular weight excluding hydrogens is 205 g/mol. The Morgan fingerprint density at radius 2 is 2.07 bits per heavy atom. The zero-order valence-electron chi connectivity index (χ0n) is 8.27. The standard InChI is InChI=1S/C11H11F3O/c1-3-8-5-6-10(15-4-2)9(7-8)11(12,13)14/h3,5-7H,1,4H2,2H3. The highest BCUT2D eigenvalue weighted by Crippen LogP contribution is 2.36. The Labute approximate surface area is 86.2 Å². The fourth-order valence-corrected chi connectivity index (χ4v) is 1.18. The third-order valence-electron chi connectivity index (χ3n) is 1.84. The van der Waals surface area contributed by atoms with Gasteiger partial charge in [-0.3, -0.25) is 0 Å². The summed E-state index contributed by atoms with van der Waals surface area (Å²) in [6.45, 7) is 5.27. The predicted octanol–water partition coefficient (Wildman–Crippen LogP) is 3.75. The Kier molecular flexibility index (Phi) is 3.39. The number of halogens is 3. The van der Waals surface area contributed by atoms with Crippen LogP contribution in [0.4, 0.5) is 13.2 Å². The van der Waals surface area contributed by atoms with Crippen molar-refractivity contribution in [3.63, 3.8) is 0 Å². The Morgan fingerprint density at radius 1 is 1.40 bits per heavy atom. The van der Waals surface area contributed by atoms with Crippen molar-refractivity contribution >= 4 is 6.08 Å². The van der Waals surface area contributed by atoms with E-state index in [1.165, 1.54) is 18.2 Å². The second-order valence-corrected chi connectivity index (χ2v) is 2.89. The lowest BCUT2D eigenvalue weighted by atomic mass is 10.1. The van der Waals surface area contributed by atoms with E-state index in [4.69, 9.17) is 4.74 Å². The Hall–Kier alpha value is -1.45. The van der Waals surface area contributed by atoms with Crippen LogP contribution >= 0.6 is 0 Å². The fraction of sp³-hybridized carbons (Fsp3) is 0.273. The van der Waals surface area contributed by atoms with Gasteiger partial charge in [-0.1, -0.05) is 18.7 Å². The van der Waals surface area contributed by atoms with Gasteiger partial charge in [-0.25, -0.2) is 0 Å². The molecule has 0 saturated heterocycles. The first-order chi connectivity index (χ1) is 6.99. The van der Waals surface area contributed by atoms with E-state index >= 15 is 0 Å². The smallest absolute Gasteiger partial charge is 0.419 e. The van der Waals surface area contributed by atoms with Gasteiger partial charge < -0.3 is 4.74 Å². The lowest BCUT2D eigenvalue weighted by molar-refractivity contribution is -0.138. The van der Waals surface area contributed by atoms with Crippen LogP contribution in [0.3, 0.4) is 0 Å². The first-order valence-corrected chi connectivity index (χ1v) is 4.45. The second kappa shape index (κ2) is 4.38. The summed E-state index contributed by atoms with van der Waals surface area (Å²) in [5.74, 6) is -0.143. The molecule has 1 nitrogen and oxygen atoms in total. The zero-order chi connectivity index (χ0) is 11.5. The number of hydrogen-bond acceptors (Lipinski definition) is 1. The highest BCUT2D eigenvalue weighted by atomic mass is 19.4. The second-order valence-electron chi connectivity index (χ2n) is 2.89. The third kappa shape index (κ3) is 2.75. The van der Waals surface area contributed by atoms with Crippen LogP contribution in [0.15, 0.2) is 24.8 Å². The van der Waals surface area contributed by atoms with Crippen molar-refractivity contribution in [1.29, 1.82) is 0 Å². The lowest BCUT2D eigenvalue weighted by Crippen LogP contribution is -2.08. The molecule has 82 valence electrons. The summed E-state index contributed by atoms with van der Waals surface area (Å²) in [6, 6.07) is 3.87. The molecule has 1 rings (SSSR count). The minimum Gasteiger partial charge on any atom is -0.493 e. The van der Waals surface area contributed by atoms with Gasteiger partial charge in [-0.2, -0.15) is 13.2 Å². The number of rotatable bonds is 3. The minimum atomic E-state index is -4.40. The van der Waals surface area contributed by atoms with Gasteiger partial charge in [0.2, 0.25) is 0 Å². The van der Waals surface area contributed by atoms with Gasteiger partial charge in [0, 0.05) is 0 Å². The maximum Gasteiger partial charge on any atom is 0.419 e. The highest BCUT2D eigenvalue weighted by molar-refractivity contribution is 5.52. The molecule has 0 spiro atoms. The quantitative estimate of drug-likeness (QED) is 0.747. The van der Waals surface area contributed by atoms with Crippen molar-refractivity contribution < 1.29 is 17.9 Å². The van der Waals surface area contributed by atoms with Crippen LogP contribution in [0, 0.1) is 0 Å². The maximum atomic E-state index is 12.6. The molecule has 0 N–H and O–H groups in total.